The van der Waals surface area contributed by atoms with Crippen LogP contribution in [0.15, 0.2) is 23.5 Å². The van der Waals surface area contributed by atoms with E-state index in [-0.39, 0.29) is 15.8 Å². The van der Waals surface area contributed by atoms with Crippen LogP contribution in [0.1, 0.15) is 58.1 Å². The van der Waals surface area contributed by atoms with Gasteiger partial charge < -0.3 is 27.8 Å². The fraction of sp³-hybridized carbons (Fsp3) is 0.478. The van der Waals surface area contributed by atoms with Crippen molar-refractivity contribution in [2.75, 3.05) is 24.1 Å². The minimum atomic E-state index is -0.512. The van der Waals surface area contributed by atoms with Crippen molar-refractivity contribution >= 4 is 56.0 Å². The highest BCUT2D eigenvalue weighted by molar-refractivity contribution is 7.80. The number of carbonyl (C=O) groups is 1. The van der Waals surface area contributed by atoms with Crippen molar-refractivity contribution in [1.29, 1.82) is 5.26 Å². The molecule has 0 saturated carbocycles. The van der Waals surface area contributed by atoms with Crippen molar-refractivity contribution in [3.63, 3.8) is 0 Å². The quantitative estimate of drug-likeness (QED) is 0.230. The number of nitrogens with one attached hydrogen (secondary N) is 2. The summed E-state index contributed by atoms with van der Waals surface area (Å²) in [4.78, 5) is 16.8. The van der Waals surface area contributed by atoms with Crippen LogP contribution in [0.2, 0.25) is 0 Å². The number of hydrogen-bond donors (Lipinski definition) is 5. The second-order valence-corrected chi connectivity index (χ2v) is 11.5. The zero-order valence-corrected chi connectivity index (χ0v) is 22.1. The molecule has 0 aliphatic rings. The van der Waals surface area contributed by atoms with Gasteiger partial charge in [-0.05, 0) is 23.8 Å². The smallest absolute Gasteiger partial charge is 0.260 e. The molecule has 33 heavy (non-hydrogen) atoms. The zero-order valence-electron chi connectivity index (χ0n) is 20.4. The number of nitrogen functional groups attached to an aromatic ring is 1. The highest BCUT2D eigenvalue weighted by Crippen LogP contribution is 2.37. The molecule has 0 fully saturated rings. The third-order valence-electron chi connectivity index (χ3n) is 4.28. The number of carbonyl (C=O) groups excluding carboxylic acids is 1. The van der Waals surface area contributed by atoms with E-state index >= 15 is 0 Å². The molecule has 0 aliphatic carbocycles. The van der Waals surface area contributed by atoms with Crippen LogP contribution < -0.4 is 27.8 Å². The molecule has 0 atom stereocenters. The minimum absolute atomic E-state index is 0.145. The van der Waals surface area contributed by atoms with E-state index in [9.17, 15) is 4.79 Å². The summed E-state index contributed by atoms with van der Waals surface area (Å²) >= 11 is 5.99. The van der Waals surface area contributed by atoms with Gasteiger partial charge in [0.1, 0.15) is 26.3 Å². The first-order valence-corrected chi connectivity index (χ1v) is 11.6. The molecular weight excluding hydrogens is 454 g/mol. The maximum atomic E-state index is 11.3. The first kappa shape index (κ1) is 28.1. The average molecular weight is 490 g/mol. The molecule has 2 heterocycles. The van der Waals surface area contributed by atoms with Gasteiger partial charge in [0.2, 0.25) is 0 Å². The van der Waals surface area contributed by atoms with Gasteiger partial charge in [-0.15, -0.1) is 11.3 Å². The lowest BCUT2D eigenvalue weighted by Crippen LogP contribution is -2.27. The van der Waals surface area contributed by atoms with Gasteiger partial charge in [-0.2, -0.15) is 5.26 Å². The maximum Gasteiger partial charge on any atom is 0.260 e. The highest BCUT2D eigenvalue weighted by atomic mass is 32.1. The topological polar surface area (TPSA) is 156 Å². The van der Waals surface area contributed by atoms with Crippen molar-refractivity contribution in [3.05, 3.63) is 28.4 Å². The monoisotopic (exact) mass is 489 g/mol. The predicted molar refractivity (Wildman–Crippen MR) is 143 cm³/mol. The van der Waals surface area contributed by atoms with E-state index in [1.54, 1.807) is 6.20 Å². The maximum absolute atomic E-state index is 11.3. The standard InChI is InChI=1S/C13H18N4OS.C10H17N3S/c1-13(2,3)6-17-7-4-5-16-12-8(7)9(14)10(19-12)11(15)18;1-7(8(5-11)9(12)14)13-6-10(2,3)4/h4-5H,6,14H2,1-3H3,(H2,15,18)(H,16,17);13H,6H2,1-4H3,(H2,12,14)/b;8-7-. The third-order valence-corrected chi connectivity index (χ3v) is 5.61. The Hall–Kier alpha value is -2.90. The molecule has 10 heteroatoms. The summed E-state index contributed by atoms with van der Waals surface area (Å²) in [6.45, 7) is 16.2. The van der Waals surface area contributed by atoms with Crippen molar-refractivity contribution in [3.8, 4) is 6.07 Å². The van der Waals surface area contributed by atoms with Crippen LogP contribution in [0.3, 0.4) is 0 Å². The molecule has 8 nitrogen and oxygen atoms in total. The second-order valence-electron chi connectivity index (χ2n) is 10.1. The van der Waals surface area contributed by atoms with Crippen LogP contribution >= 0.6 is 23.6 Å². The molecule has 1 amide bonds. The average Bonchev–Trinajstić information content (AvgIpc) is 3.02. The number of allylic oxidation sites excluding steroid dienone is 1. The Balaban J connectivity index is 0.000000349. The van der Waals surface area contributed by atoms with Crippen LogP contribution in [-0.2, 0) is 0 Å². The summed E-state index contributed by atoms with van der Waals surface area (Å²) in [5.41, 5.74) is 19.4. The number of nitriles is 1. The molecular formula is C23H35N7OS2. The molecule has 0 saturated heterocycles. The van der Waals surface area contributed by atoms with Crippen molar-refractivity contribution in [2.24, 2.45) is 22.3 Å². The van der Waals surface area contributed by atoms with Crippen LogP contribution in [0.4, 0.5) is 11.4 Å². The number of rotatable bonds is 6. The Morgan fingerprint density at radius 3 is 2.21 bits per heavy atom. The Morgan fingerprint density at radius 2 is 1.76 bits per heavy atom. The number of primary amides is 1. The number of thiocarbonyl (C=S) groups is 1. The number of aromatic nitrogens is 1. The van der Waals surface area contributed by atoms with Gasteiger partial charge in [0.25, 0.3) is 5.91 Å². The third kappa shape index (κ3) is 8.86. The molecule has 2 aromatic heterocycles. The first-order valence-electron chi connectivity index (χ1n) is 10.4. The molecule has 0 unspecified atom stereocenters. The largest absolute Gasteiger partial charge is 0.397 e. The van der Waals surface area contributed by atoms with Crippen molar-refractivity contribution < 1.29 is 4.79 Å². The predicted octanol–water partition coefficient (Wildman–Crippen LogP) is 4.14. The summed E-state index contributed by atoms with van der Waals surface area (Å²) in [7, 11) is 0. The van der Waals surface area contributed by atoms with Gasteiger partial charge in [-0.25, -0.2) is 4.98 Å². The minimum Gasteiger partial charge on any atom is -0.397 e. The summed E-state index contributed by atoms with van der Waals surface area (Å²) < 4.78 is 0. The number of amides is 1. The van der Waals surface area contributed by atoms with Crippen molar-refractivity contribution in [1.82, 2.24) is 10.3 Å². The van der Waals surface area contributed by atoms with Crippen LogP contribution in [0.25, 0.3) is 10.2 Å². The lowest BCUT2D eigenvalue weighted by Gasteiger charge is -2.20. The summed E-state index contributed by atoms with van der Waals surface area (Å²) in [6, 6.07) is 3.85. The molecule has 8 N–H and O–H groups in total. The van der Waals surface area contributed by atoms with Gasteiger partial charge in [0.05, 0.1) is 11.1 Å². The fourth-order valence-electron chi connectivity index (χ4n) is 2.55. The molecule has 0 bridgehead atoms. The second kappa shape index (κ2) is 11.3. The number of fused-ring (bicyclic) bond motifs is 1. The Kier molecular flexibility index (Phi) is 9.63. The summed E-state index contributed by atoms with van der Waals surface area (Å²) in [5, 5.41) is 16.1. The molecule has 0 aromatic carbocycles. The van der Waals surface area contributed by atoms with E-state index in [2.05, 4.69) is 57.2 Å². The Bertz CT molecular complexity index is 1080. The van der Waals surface area contributed by atoms with E-state index < -0.39 is 5.91 Å². The SMILES string of the molecule is C/C(NCC(C)(C)C)=C(\C#N)C(N)=S.CC(C)(C)CNc1ccnc2sc(C(N)=O)c(N)c12. The Morgan fingerprint density at radius 1 is 1.18 bits per heavy atom. The highest BCUT2D eigenvalue weighted by Gasteiger charge is 2.18. The number of hydrogen-bond acceptors (Lipinski definition) is 8. The zero-order chi connectivity index (χ0) is 25.6. The van der Waals surface area contributed by atoms with Gasteiger partial charge >= 0.3 is 0 Å². The van der Waals surface area contributed by atoms with Gasteiger partial charge in [-0.3, -0.25) is 4.79 Å². The van der Waals surface area contributed by atoms with Crippen LogP contribution in [0.5, 0.6) is 0 Å². The molecule has 2 rings (SSSR count). The molecule has 0 radical (unpaired) electrons. The first-order chi connectivity index (χ1) is 15.1. The fourth-order valence-corrected chi connectivity index (χ4v) is 3.69. The number of nitrogens with zero attached hydrogens (tertiary/aromatic N) is 2. The van der Waals surface area contributed by atoms with Gasteiger partial charge in [0, 0.05) is 30.7 Å². The van der Waals surface area contributed by atoms with Crippen molar-refractivity contribution in [2.45, 2.75) is 48.5 Å². The summed E-state index contributed by atoms with van der Waals surface area (Å²) in [6.07, 6.45) is 1.70. The Labute approximate surface area is 205 Å². The van der Waals surface area contributed by atoms with E-state index in [1.165, 1.54) is 11.3 Å². The van der Waals surface area contributed by atoms with E-state index in [1.807, 2.05) is 19.1 Å². The molecule has 0 spiro atoms. The van der Waals surface area contributed by atoms with Crippen LogP contribution in [-0.4, -0.2) is 29.0 Å². The number of nitrogens with two attached hydrogens (primary N) is 3. The number of thiophene rings is 1. The normalized spacial score (nSPS) is 12.2. The number of anilines is 2. The van der Waals surface area contributed by atoms with E-state index in [4.69, 9.17) is 34.7 Å². The lowest BCUT2D eigenvalue weighted by molar-refractivity contribution is 0.100. The summed E-state index contributed by atoms with van der Waals surface area (Å²) in [5.74, 6) is -0.512. The molecule has 0 aliphatic heterocycles. The van der Waals surface area contributed by atoms with E-state index in [0.29, 0.717) is 16.1 Å². The van der Waals surface area contributed by atoms with Gasteiger partial charge in [0.15, 0.2) is 0 Å². The molecule has 180 valence electrons. The van der Waals surface area contributed by atoms with Crippen LogP contribution in [0, 0.1) is 22.2 Å². The molecule has 2 aromatic rings. The lowest BCUT2D eigenvalue weighted by atomic mass is 9.97. The van der Waals surface area contributed by atoms with Gasteiger partial charge in [-0.1, -0.05) is 53.8 Å². The van der Waals surface area contributed by atoms with E-state index in [0.717, 1.165) is 34.7 Å². The number of pyridine rings is 1.